The number of fused-ring (bicyclic) bond motifs is 1. The lowest BCUT2D eigenvalue weighted by atomic mass is 10.1. The number of rotatable bonds is 7. The smallest absolute Gasteiger partial charge is 0.240 e. The van der Waals surface area contributed by atoms with Gasteiger partial charge in [0.2, 0.25) is 10.0 Å². The summed E-state index contributed by atoms with van der Waals surface area (Å²) in [4.78, 5) is 0.273. The Hall–Kier alpha value is -1.63. The summed E-state index contributed by atoms with van der Waals surface area (Å²) < 4.78 is 38.6. The van der Waals surface area contributed by atoms with E-state index in [0.29, 0.717) is 19.8 Å². The molecule has 0 bridgehead atoms. The van der Waals surface area contributed by atoms with Gasteiger partial charge in [0, 0.05) is 13.2 Å². The second-order valence-electron chi connectivity index (χ2n) is 6.01. The third-order valence-electron chi connectivity index (χ3n) is 4.09. The highest BCUT2D eigenvalue weighted by molar-refractivity contribution is 7.89. The molecule has 1 heterocycles. The molecule has 1 N–H and O–H groups in total. The second kappa shape index (κ2) is 7.51. The first-order valence-electron chi connectivity index (χ1n) is 8.36. The molecule has 1 fully saturated rings. The summed E-state index contributed by atoms with van der Waals surface area (Å²) in [6, 6.07) is 10.8. The number of ether oxygens (including phenoxy) is 2. The molecule has 24 heavy (non-hydrogen) atoms. The number of sulfonamides is 1. The van der Waals surface area contributed by atoms with Crippen LogP contribution >= 0.6 is 0 Å². The van der Waals surface area contributed by atoms with E-state index in [9.17, 15) is 8.42 Å². The van der Waals surface area contributed by atoms with E-state index in [1.807, 2.05) is 24.3 Å². The van der Waals surface area contributed by atoms with Gasteiger partial charge in [-0.2, -0.15) is 0 Å². The van der Waals surface area contributed by atoms with Crippen LogP contribution in [0.4, 0.5) is 0 Å². The summed E-state index contributed by atoms with van der Waals surface area (Å²) in [6.45, 7) is 3.77. The predicted octanol–water partition coefficient (Wildman–Crippen LogP) is 3.09. The van der Waals surface area contributed by atoms with Gasteiger partial charge in [0.15, 0.2) is 0 Å². The summed E-state index contributed by atoms with van der Waals surface area (Å²) >= 11 is 0. The minimum Gasteiger partial charge on any atom is -0.494 e. The molecule has 1 aliphatic heterocycles. The van der Waals surface area contributed by atoms with Crippen LogP contribution in [0.1, 0.15) is 26.2 Å². The summed E-state index contributed by atoms with van der Waals surface area (Å²) in [7, 11) is -3.52. The summed E-state index contributed by atoms with van der Waals surface area (Å²) in [6.07, 6.45) is 2.83. The lowest BCUT2D eigenvalue weighted by Crippen LogP contribution is -2.31. The Bertz CT molecular complexity index is 798. The topological polar surface area (TPSA) is 64.6 Å². The van der Waals surface area contributed by atoms with Gasteiger partial charge in [-0.15, -0.1) is 0 Å². The van der Waals surface area contributed by atoms with E-state index >= 15 is 0 Å². The zero-order chi connectivity index (χ0) is 17.0. The molecule has 6 heteroatoms. The van der Waals surface area contributed by atoms with Crippen LogP contribution in [-0.4, -0.2) is 34.3 Å². The highest BCUT2D eigenvalue weighted by atomic mass is 32.2. The highest BCUT2D eigenvalue weighted by Gasteiger charge is 2.20. The molecular weight excluding hydrogens is 326 g/mol. The molecule has 0 unspecified atom stereocenters. The molecular formula is C18H23NO4S. The Morgan fingerprint density at radius 3 is 2.75 bits per heavy atom. The molecule has 0 spiro atoms. The van der Waals surface area contributed by atoms with Crippen molar-refractivity contribution in [2.45, 2.75) is 37.2 Å². The van der Waals surface area contributed by atoms with Crippen molar-refractivity contribution in [3.8, 4) is 5.75 Å². The Kier molecular flexibility index (Phi) is 5.38. The molecule has 0 radical (unpaired) electrons. The molecule has 2 aromatic rings. The van der Waals surface area contributed by atoms with Crippen LogP contribution in [0.3, 0.4) is 0 Å². The first-order valence-corrected chi connectivity index (χ1v) is 9.85. The van der Waals surface area contributed by atoms with E-state index in [1.165, 1.54) is 0 Å². The van der Waals surface area contributed by atoms with Crippen LogP contribution in [0.5, 0.6) is 5.75 Å². The van der Waals surface area contributed by atoms with Crippen LogP contribution in [0.15, 0.2) is 41.3 Å². The van der Waals surface area contributed by atoms with Gasteiger partial charge in [0.25, 0.3) is 0 Å². The van der Waals surface area contributed by atoms with Gasteiger partial charge in [-0.25, -0.2) is 13.1 Å². The molecule has 0 saturated carbocycles. The summed E-state index contributed by atoms with van der Waals surface area (Å²) in [5.74, 6) is 0.802. The van der Waals surface area contributed by atoms with Gasteiger partial charge < -0.3 is 9.47 Å². The zero-order valence-corrected chi connectivity index (χ0v) is 14.6. The monoisotopic (exact) mass is 349 g/mol. The van der Waals surface area contributed by atoms with Crippen molar-refractivity contribution in [1.29, 1.82) is 0 Å². The van der Waals surface area contributed by atoms with Gasteiger partial charge in [-0.1, -0.05) is 19.1 Å². The largest absolute Gasteiger partial charge is 0.494 e. The molecule has 1 aliphatic rings. The van der Waals surface area contributed by atoms with Gasteiger partial charge in [0.1, 0.15) is 5.75 Å². The minimum absolute atomic E-state index is 0.0153. The van der Waals surface area contributed by atoms with E-state index in [0.717, 1.165) is 35.8 Å². The maximum Gasteiger partial charge on any atom is 0.240 e. The number of hydrogen-bond donors (Lipinski definition) is 1. The van der Waals surface area contributed by atoms with Crippen molar-refractivity contribution in [3.63, 3.8) is 0 Å². The van der Waals surface area contributed by atoms with Crippen molar-refractivity contribution in [2.75, 3.05) is 19.8 Å². The Balaban J connectivity index is 1.76. The quantitative estimate of drug-likeness (QED) is 0.834. The lowest BCUT2D eigenvalue weighted by molar-refractivity contribution is 0.114. The Morgan fingerprint density at radius 2 is 2.00 bits per heavy atom. The predicted molar refractivity (Wildman–Crippen MR) is 93.9 cm³/mol. The van der Waals surface area contributed by atoms with Crippen LogP contribution in [0.25, 0.3) is 10.8 Å². The Labute approximate surface area is 143 Å². The normalized spacial score (nSPS) is 18.1. The standard InChI is InChI=1S/C18H23NO4S/c1-2-9-22-16-7-5-15-12-18(8-6-14(15)11-16)24(20,21)19-13-17-4-3-10-23-17/h5-8,11-12,17,19H,2-4,9-10,13H2,1H3/t17-/m0/s1. The molecule has 0 amide bonds. The average molecular weight is 349 g/mol. The minimum atomic E-state index is -3.52. The van der Waals surface area contributed by atoms with Crippen molar-refractivity contribution in [1.82, 2.24) is 4.72 Å². The van der Waals surface area contributed by atoms with Crippen molar-refractivity contribution < 1.29 is 17.9 Å². The molecule has 5 nitrogen and oxygen atoms in total. The number of nitrogens with one attached hydrogen (secondary N) is 1. The third kappa shape index (κ3) is 4.06. The maximum absolute atomic E-state index is 12.4. The fraction of sp³-hybridized carbons (Fsp3) is 0.444. The van der Waals surface area contributed by atoms with Crippen molar-refractivity contribution >= 4 is 20.8 Å². The highest BCUT2D eigenvalue weighted by Crippen LogP contribution is 2.24. The van der Waals surface area contributed by atoms with Gasteiger partial charge in [-0.3, -0.25) is 0 Å². The first kappa shape index (κ1) is 17.2. The van der Waals surface area contributed by atoms with E-state index < -0.39 is 10.0 Å². The van der Waals surface area contributed by atoms with Crippen LogP contribution < -0.4 is 9.46 Å². The lowest BCUT2D eigenvalue weighted by Gasteiger charge is -2.12. The Morgan fingerprint density at radius 1 is 1.21 bits per heavy atom. The number of hydrogen-bond acceptors (Lipinski definition) is 4. The van der Waals surface area contributed by atoms with Crippen molar-refractivity contribution in [2.24, 2.45) is 0 Å². The molecule has 130 valence electrons. The van der Waals surface area contributed by atoms with Crippen molar-refractivity contribution in [3.05, 3.63) is 36.4 Å². The maximum atomic E-state index is 12.4. The molecule has 0 aliphatic carbocycles. The van der Waals surface area contributed by atoms with E-state index in [1.54, 1.807) is 12.1 Å². The zero-order valence-electron chi connectivity index (χ0n) is 13.8. The number of benzene rings is 2. The van der Waals surface area contributed by atoms with E-state index in [4.69, 9.17) is 9.47 Å². The van der Waals surface area contributed by atoms with Crippen LogP contribution in [0.2, 0.25) is 0 Å². The molecule has 3 rings (SSSR count). The molecule has 1 saturated heterocycles. The third-order valence-corrected chi connectivity index (χ3v) is 5.51. The van der Waals surface area contributed by atoms with Gasteiger partial charge in [0.05, 0.1) is 17.6 Å². The first-order chi connectivity index (χ1) is 11.6. The molecule has 1 atom stereocenters. The molecule has 2 aromatic carbocycles. The van der Waals surface area contributed by atoms with Crippen LogP contribution in [0, 0.1) is 0 Å². The molecule has 0 aromatic heterocycles. The van der Waals surface area contributed by atoms with E-state index in [2.05, 4.69) is 11.6 Å². The fourth-order valence-electron chi connectivity index (χ4n) is 2.77. The summed E-state index contributed by atoms with van der Waals surface area (Å²) in [5.41, 5.74) is 0. The fourth-order valence-corrected chi connectivity index (χ4v) is 3.87. The van der Waals surface area contributed by atoms with Gasteiger partial charge >= 0.3 is 0 Å². The van der Waals surface area contributed by atoms with Gasteiger partial charge in [-0.05, 0) is 54.3 Å². The summed E-state index contributed by atoms with van der Waals surface area (Å²) in [5, 5.41) is 1.83. The SMILES string of the molecule is CCCOc1ccc2cc(S(=O)(=O)NC[C@@H]3CCCO3)ccc2c1. The van der Waals surface area contributed by atoms with E-state index in [-0.39, 0.29) is 11.0 Å². The van der Waals surface area contributed by atoms with Crippen LogP contribution in [-0.2, 0) is 14.8 Å². The average Bonchev–Trinajstić information content (AvgIpc) is 3.11. The second-order valence-corrected chi connectivity index (χ2v) is 7.77.